The Hall–Kier alpha value is -0.620. The Morgan fingerprint density at radius 2 is 1.89 bits per heavy atom. The third-order valence-electron chi connectivity index (χ3n) is 3.85. The summed E-state index contributed by atoms with van der Waals surface area (Å²) in [7, 11) is -3.53. The van der Waals surface area contributed by atoms with Gasteiger partial charge in [-0.25, -0.2) is 8.42 Å². The Morgan fingerprint density at radius 1 is 1.37 bits per heavy atom. The highest BCUT2D eigenvalue weighted by molar-refractivity contribution is 7.89. The molecule has 6 heteroatoms. The van der Waals surface area contributed by atoms with Gasteiger partial charge in [-0.15, -0.1) is 0 Å². The number of nitrogens with one attached hydrogen (secondary N) is 1. The molecule has 19 heavy (non-hydrogen) atoms. The van der Waals surface area contributed by atoms with Gasteiger partial charge in [-0.1, -0.05) is 20.8 Å². The number of carboxylic acids is 1. The predicted molar refractivity (Wildman–Crippen MR) is 74.4 cm³/mol. The van der Waals surface area contributed by atoms with E-state index in [0.717, 1.165) is 12.8 Å². The summed E-state index contributed by atoms with van der Waals surface area (Å²) in [6.07, 6.45) is 2.80. The van der Waals surface area contributed by atoms with Gasteiger partial charge < -0.3 is 5.11 Å². The van der Waals surface area contributed by atoms with Crippen LogP contribution in [0, 0.1) is 11.8 Å². The number of carbonyl (C=O) groups is 1. The molecule has 1 aliphatic carbocycles. The lowest BCUT2D eigenvalue weighted by atomic mass is 9.78. The van der Waals surface area contributed by atoms with Crippen LogP contribution >= 0.6 is 0 Å². The fourth-order valence-electron chi connectivity index (χ4n) is 2.35. The minimum Gasteiger partial charge on any atom is -0.480 e. The molecule has 0 aliphatic heterocycles. The lowest BCUT2D eigenvalue weighted by molar-refractivity contribution is -0.145. The van der Waals surface area contributed by atoms with Crippen molar-refractivity contribution in [2.45, 2.75) is 58.4 Å². The zero-order valence-corrected chi connectivity index (χ0v) is 12.8. The lowest BCUT2D eigenvalue weighted by Crippen LogP contribution is -2.56. The van der Waals surface area contributed by atoms with Crippen LogP contribution in [0.3, 0.4) is 0 Å². The van der Waals surface area contributed by atoms with Crippen LogP contribution < -0.4 is 4.72 Å². The molecule has 112 valence electrons. The number of rotatable bonds is 6. The second-order valence-electron chi connectivity index (χ2n) is 6.17. The molecule has 5 nitrogen and oxygen atoms in total. The maximum Gasteiger partial charge on any atom is 0.324 e. The molecule has 0 radical (unpaired) electrons. The van der Waals surface area contributed by atoms with Gasteiger partial charge in [0.05, 0.1) is 5.75 Å². The van der Waals surface area contributed by atoms with Crippen LogP contribution in [0.5, 0.6) is 0 Å². The fraction of sp³-hybridized carbons (Fsp3) is 0.923. The molecule has 1 fully saturated rings. The minimum atomic E-state index is -3.53. The van der Waals surface area contributed by atoms with Gasteiger partial charge in [0.2, 0.25) is 10.0 Å². The van der Waals surface area contributed by atoms with Crippen molar-refractivity contribution in [2.24, 2.45) is 11.8 Å². The number of sulfonamides is 1. The molecule has 0 bridgehead atoms. The monoisotopic (exact) mass is 291 g/mol. The van der Waals surface area contributed by atoms with Crippen LogP contribution in [-0.4, -0.2) is 30.8 Å². The first-order chi connectivity index (χ1) is 8.67. The molecule has 0 aromatic heterocycles. The summed E-state index contributed by atoms with van der Waals surface area (Å²) in [5.41, 5.74) is -1.29. The summed E-state index contributed by atoms with van der Waals surface area (Å²) >= 11 is 0. The van der Waals surface area contributed by atoms with E-state index in [2.05, 4.69) is 11.6 Å². The lowest BCUT2D eigenvalue weighted by Gasteiger charge is -2.36. The fourth-order valence-corrected chi connectivity index (χ4v) is 4.12. The van der Waals surface area contributed by atoms with Crippen molar-refractivity contribution in [3.63, 3.8) is 0 Å². The largest absolute Gasteiger partial charge is 0.480 e. The van der Waals surface area contributed by atoms with Crippen molar-refractivity contribution < 1.29 is 18.3 Å². The molecule has 0 unspecified atom stereocenters. The van der Waals surface area contributed by atoms with Crippen molar-refractivity contribution in [3.05, 3.63) is 0 Å². The normalized spacial score (nSPS) is 28.5. The first-order valence-corrected chi connectivity index (χ1v) is 8.57. The van der Waals surface area contributed by atoms with Gasteiger partial charge in [0.1, 0.15) is 5.54 Å². The van der Waals surface area contributed by atoms with Gasteiger partial charge in [-0.2, -0.15) is 4.72 Å². The average Bonchev–Trinajstić information content (AvgIpc) is 2.29. The van der Waals surface area contributed by atoms with Crippen molar-refractivity contribution in [1.82, 2.24) is 4.72 Å². The molecule has 0 heterocycles. The molecule has 0 aromatic carbocycles. The summed E-state index contributed by atoms with van der Waals surface area (Å²) in [5.74, 6) is -0.307. The summed E-state index contributed by atoms with van der Waals surface area (Å²) in [5, 5.41) is 9.39. The van der Waals surface area contributed by atoms with Crippen molar-refractivity contribution >= 4 is 16.0 Å². The molecule has 1 rings (SSSR count). The highest BCUT2D eigenvalue weighted by Crippen LogP contribution is 2.32. The van der Waals surface area contributed by atoms with E-state index in [1.54, 1.807) is 0 Å². The van der Waals surface area contributed by atoms with Crippen LogP contribution in [0.1, 0.15) is 52.9 Å². The number of hydrogen-bond donors (Lipinski definition) is 2. The number of carboxylic acid groups (broad SMARTS) is 1. The zero-order valence-electron chi connectivity index (χ0n) is 12.0. The molecular formula is C13H25NO4S. The third kappa shape index (κ3) is 4.76. The highest BCUT2D eigenvalue weighted by Gasteiger charge is 2.44. The Morgan fingerprint density at radius 3 is 2.32 bits per heavy atom. The van der Waals surface area contributed by atoms with Crippen LogP contribution in [-0.2, 0) is 14.8 Å². The Bertz CT molecular complexity index is 408. The molecule has 1 aliphatic rings. The Labute approximate surface area is 115 Å². The van der Waals surface area contributed by atoms with Gasteiger partial charge in [0, 0.05) is 0 Å². The van der Waals surface area contributed by atoms with Crippen LogP contribution in [0.4, 0.5) is 0 Å². The highest BCUT2D eigenvalue weighted by atomic mass is 32.2. The van der Waals surface area contributed by atoms with Crippen LogP contribution in [0.15, 0.2) is 0 Å². The first-order valence-electron chi connectivity index (χ1n) is 6.92. The van der Waals surface area contributed by atoms with Gasteiger partial charge in [0.25, 0.3) is 0 Å². The first kappa shape index (κ1) is 16.4. The standard InChI is InChI=1S/C13H25NO4S/c1-10(2)6-9-19(17,18)14-13(12(15)16)7-4-11(3)5-8-13/h10-11,14H,4-9H2,1-3H3,(H,15,16). The van der Waals surface area contributed by atoms with E-state index in [9.17, 15) is 18.3 Å². The summed E-state index contributed by atoms with van der Waals surface area (Å²) < 4.78 is 26.5. The third-order valence-corrected chi connectivity index (χ3v) is 5.33. The summed E-state index contributed by atoms with van der Waals surface area (Å²) in [6.45, 7) is 5.97. The summed E-state index contributed by atoms with van der Waals surface area (Å²) in [6, 6.07) is 0. The van der Waals surface area contributed by atoms with E-state index in [4.69, 9.17) is 0 Å². The van der Waals surface area contributed by atoms with E-state index in [1.165, 1.54) is 0 Å². The molecule has 0 atom stereocenters. The maximum atomic E-state index is 12.0. The van der Waals surface area contributed by atoms with Gasteiger partial charge in [-0.3, -0.25) is 4.79 Å². The minimum absolute atomic E-state index is 0.00471. The van der Waals surface area contributed by atoms with Crippen LogP contribution in [0.2, 0.25) is 0 Å². The van der Waals surface area contributed by atoms with Crippen molar-refractivity contribution in [3.8, 4) is 0 Å². The van der Waals surface area contributed by atoms with Gasteiger partial charge in [0.15, 0.2) is 0 Å². The second kappa shape index (κ2) is 6.22. The Balaban J connectivity index is 2.76. The smallest absolute Gasteiger partial charge is 0.324 e. The SMILES string of the molecule is CC(C)CCS(=O)(=O)NC1(C(=O)O)CCC(C)CC1. The Kier molecular flexibility index (Phi) is 5.38. The topological polar surface area (TPSA) is 83.5 Å². The number of aliphatic carboxylic acids is 1. The maximum absolute atomic E-state index is 12.0. The van der Waals surface area contributed by atoms with E-state index < -0.39 is 21.5 Å². The predicted octanol–water partition coefficient (Wildman–Crippen LogP) is 1.99. The average molecular weight is 291 g/mol. The van der Waals surface area contributed by atoms with E-state index in [1.807, 2.05) is 13.8 Å². The van der Waals surface area contributed by atoms with Crippen molar-refractivity contribution in [2.75, 3.05) is 5.75 Å². The molecule has 1 saturated carbocycles. The van der Waals surface area contributed by atoms with E-state index >= 15 is 0 Å². The van der Waals surface area contributed by atoms with Crippen LogP contribution in [0.25, 0.3) is 0 Å². The van der Waals surface area contributed by atoms with Crippen molar-refractivity contribution in [1.29, 1.82) is 0 Å². The second-order valence-corrected chi connectivity index (χ2v) is 8.02. The van der Waals surface area contributed by atoms with Gasteiger partial charge >= 0.3 is 5.97 Å². The molecule has 0 amide bonds. The zero-order chi connectivity index (χ0) is 14.7. The molecule has 0 spiro atoms. The molecule has 2 N–H and O–H groups in total. The summed E-state index contributed by atoms with van der Waals surface area (Å²) in [4.78, 5) is 11.5. The van der Waals surface area contributed by atoms with Gasteiger partial charge in [-0.05, 0) is 43.9 Å². The van der Waals surface area contributed by atoms with E-state index in [0.29, 0.717) is 25.2 Å². The molecular weight excluding hydrogens is 266 g/mol. The number of hydrogen-bond acceptors (Lipinski definition) is 3. The molecule has 0 aromatic rings. The molecule has 0 saturated heterocycles. The quantitative estimate of drug-likeness (QED) is 0.784. The van der Waals surface area contributed by atoms with E-state index in [-0.39, 0.29) is 11.7 Å².